The number of carbonyl (C=O) groups is 1. The van der Waals surface area contributed by atoms with Crippen LogP contribution in [0.3, 0.4) is 0 Å². The van der Waals surface area contributed by atoms with E-state index in [1.807, 2.05) is 0 Å². The molecule has 7 heteroatoms. The molecule has 0 amide bonds. The van der Waals surface area contributed by atoms with E-state index in [-0.39, 0.29) is 6.54 Å². The molecule has 0 aliphatic carbocycles. The fourth-order valence-electron chi connectivity index (χ4n) is 1.53. The van der Waals surface area contributed by atoms with E-state index < -0.39 is 27.3 Å². The van der Waals surface area contributed by atoms with Gasteiger partial charge in [0.1, 0.15) is 6.04 Å². The van der Waals surface area contributed by atoms with Crippen LogP contribution in [-0.4, -0.2) is 48.8 Å². The van der Waals surface area contributed by atoms with Gasteiger partial charge in [0.15, 0.2) is 0 Å². The van der Waals surface area contributed by atoms with E-state index in [1.54, 1.807) is 4.90 Å². The van der Waals surface area contributed by atoms with Gasteiger partial charge in [0.25, 0.3) is 0 Å². The molecule has 6 nitrogen and oxygen atoms in total. The summed E-state index contributed by atoms with van der Waals surface area (Å²) in [6, 6.07) is -0.651. The van der Waals surface area contributed by atoms with Crippen molar-refractivity contribution in [1.29, 1.82) is 0 Å². The van der Waals surface area contributed by atoms with E-state index >= 15 is 0 Å². The van der Waals surface area contributed by atoms with E-state index in [2.05, 4.69) is 0 Å². The minimum absolute atomic E-state index is 0.215. The van der Waals surface area contributed by atoms with Gasteiger partial charge in [-0.25, -0.2) is 13.6 Å². The summed E-state index contributed by atoms with van der Waals surface area (Å²) in [4.78, 5) is 12.2. The van der Waals surface area contributed by atoms with E-state index in [0.717, 1.165) is 0 Å². The minimum atomic E-state index is -3.53. The molecule has 1 heterocycles. The number of sulfonamides is 1. The summed E-state index contributed by atoms with van der Waals surface area (Å²) in [5, 5.41) is 13.1. The van der Waals surface area contributed by atoms with Gasteiger partial charge in [-0.1, -0.05) is 0 Å². The lowest BCUT2D eigenvalue weighted by atomic mass is 10.3. The number of aliphatic carboxylic acids is 1. The molecule has 14 heavy (non-hydrogen) atoms. The van der Waals surface area contributed by atoms with E-state index in [0.29, 0.717) is 13.0 Å². The lowest BCUT2D eigenvalue weighted by Crippen LogP contribution is -2.39. The summed E-state index contributed by atoms with van der Waals surface area (Å²) in [7, 11) is -3.53. The van der Waals surface area contributed by atoms with Gasteiger partial charge in [0.2, 0.25) is 10.0 Å². The number of nitrogens with two attached hydrogens (primary N) is 1. The first-order valence-electron chi connectivity index (χ1n) is 4.31. The van der Waals surface area contributed by atoms with Crippen LogP contribution in [0, 0.1) is 0 Å². The Labute approximate surface area is 82.7 Å². The van der Waals surface area contributed by atoms with Gasteiger partial charge in [-0.3, -0.25) is 9.69 Å². The maximum Gasteiger partial charge on any atom is 0.320 e. The summed E-state index contributed by atoms with van der Waals surface area (Å²) in [6.07, 6.45) is 0.413. The fraction of sp³-hybridized carbons (Fsp3) is 0.857. The average Bonchev–Trinajstić information content (AvgIpc) is 2.49. The van der Waals surface area contributed by atoms with Crippen molar-refractivity contribution in [2.75, 3.05) is 13.1 Å². The number of carboxylic acids is 1. The third-order valence-electron chi connectivity index (χ3n) is 2.55. The van der Waals surface area contributed by atoms with Crippen LogP contribution in [0.2, 0.25) is 0 Å². The van der Waals surface area contributed by atoms with Crippen molar-refractivity contribution in [2.24, 2.45) is 5.14 Å². The molecule has 1 fully saturated rings. The fourth-order valence-corrected chi connectivity index (χ4v) is 2.36. The highest BCUT2D eigenvalue weighted by Crippen LogP contribution is 2.17. The molecule has 0 aromatic heterocycles. The Morgan fingerprint density at radius 3 is 2.57 bits per heavy atom. The van der Waals surface area contributed by atoms with Gasteiger partial charge in [0, 0.05) is 13.1 Å². The van der Waals surface area contributed by atoms with E-state index in [1.165, 1.54) is 6.92 Å². The topological polar surface area (TPSA) is 101 Å². The molecule has 82 valence electrons. The Morgan fingerprint density at radius 1 is 1.64 bits per heavy atom. The zero-order chi connectivity index (χ0) is 10.9. The van der Waals surface area contributed by atoms with E-state index in [9.17, 15) is 13.2 Å². The number of rotatable bonds is 3. The highest BCUT2D eigenvalue weighted by molar-refractivity contribution is 7.89. The molecule has 1 aliphatic rings. The number of likely N-dealkylation sites (tertiary alicyclic amines) is 1. The SMILES string of the molecule is CC(C(=O)O)N1CCC(S(N)(=O)=O)C1. The molecule has 0 radical (unpaired) electrons. The third-order valence-corrected chi connectivity index (χ3v) is 3.86. The summed E-state index contributed by atoms with van der Waals surface area (Å²) in [5.41, 5.74) is 0. The van der Waals surface area contributed by atoms with Crippen LogP contribution in [0.4, 0.5) is 0 Å². The zero-order valence-corrected chi connectivity index (χ0v) is 8.70. The number of hydrogen-bond donors (Lipinski definition) is 2. The standard InChI is InChI=1S/C7H14N2O4S/c1-5(7(10)11)9-3-2-6(4-9)14(8,12)13/h5-6H,2-4H2,1H3,(H,10,11)(H2,8,12,13). The molecule has 1 rings (SSSR count). The van der Waals surface area contributed by atoms with Crippen LogP contribution in [-0.2, 0) is 14.8 Å². The molecule has 2 unspecified atom stereocenters. The van der Waals surface area contributed by atoms with Crippen molar-refractivity contribution < 1.29 is 18.3 Å². The first-order chi connectivity index (χ1) is 6.32. The molecule has 1 saturated heterocycles. The number of primary sulfonamides is 1. The molecule has 3 N–H and O–H groups in total. The van der Waals surface area contributed by atoms with Crippen LogP contribution in [0.25, 0.3) is 0 Å². The van der Waals surface area contributed by atoms with Crippen LogP contribution in [0.5, 0.6) is 0 Å². The molecule has 2 atom stereocenters. The quantitative estimate of drug-likeness (QED) is 0.626. The second-order valence-corrected chi connectivity index (χ2v) is 5.35. The molecule has 1 aliphatic heterocycles. The third kappa shape index (κ3) is 2.43. The predicted molar refractivity (Wildman–Crippen MR) is 50.2 cm³/mol. The minimum Gasteiger partial charge on any atom is -0.480 e. The van der Waals surface area contributed by atoms with Crippen molar-refractivity contribution in [2.45, 2.75) is 24.6 Å². The summed E-state index contributed by atoms with van der Waals surface area (Å²) in [6.45, 7) is 2.22. The van der Waals surface area contributed by atoms with Crippen molar-refractivity contribution >= 4 is 16.0 Å². The first kappa shape index (κ1) is 11.4. The molecule has 0 bridgehead atoms. The second-order valence-electron chi connectivity index (χ2n) is 3.51. The van der Waals surface area contributed by atoms with Crippen LogP contribution >= 0.6 is 0 Å². The number of nitrogens with zero attached hydrogens (tertiary/aromatic N) is 1. The number of carboxylic acid groups (broad SMARTS) is 1. The lowest BCUT2D eigenvalue weighted by molar-refractivity contribution is -0.142. The molecule has 0 saturated carbocycles. The Kier molecular flexibility index (Phi) is 3.13. The molecule has 0 spiro atoms. The molecule has 0 aromatic rings. The molecule has 0 aromatic carbocycles. The summed E-state index contributed by atoms with van der Waals surface area (Å²) in [5.74, 6) is -0.944. The highest BCUT2D eigenvalue weighted by atomic mass is 32.2. The van der Waals surface area contributed by atoms with Crippen LogP contribution < -0.4 is 5.14 Å². The Bertz CT molecular complexity index is 327. The lowest BCUT2D eigenvalue weighted by Gasteiger charge is -2.19. The van der Waals surface area contributed by atoms with Crippen molar-refractivity contribution in [3.05, 3.63) is 0 Å². The predicted octanol–water partition coefficient (Wildman–Crippen LogP) is -1.18. The summed E-state index contributed by atoms with van der Waals surface area (Å²) < 4.78 is 22.0. The number of hydrogen-bond acceptors (Lipinski definition) is 4. The second kappa shape index (κ2) is 3.84. The van der Waals surface area contributed by atoms with Crippen LogP contribution in [0.1, 0.15) is 13.3 Å². The average molecular weight is 222 g/mol. The van der Waals surface area contributed by atoms with Gasteiger partial charge in [-0.15, -0.1) is 0 Å². The maximum atomic E-state index is 11.0. The van der Waals surface area contributed by atoms with Crippen LogP contribution in [0.15, 0.2) is 0 Å². The van der Waals surface area contributed by atoms with Gasteiger partial charge >= 0.3 is 5.97 Å². The first-order valence-corrected chi connectivity index (χ1v) is 5.92. The summed E-state index contributed by atoms with van der Waals surface area (Å²) >= 11 is 0. The zero-order valence-electron chi connectivity index (χ0n) is 7.88. The monoisotopic (exact) mass is 222 g/mol. The van der Waals surface area contributed by atoms with E-state index in [4.69, 9.17) is 10.2 Å². The molecular weight excluding hydrogens is 208 g/mol. The Morgan fingerprint density at radius 2 is 2.21 bits per heavy atom. The smallest absolute Gasteiger partial charge is 0.320 e. The normalized spacial score (nSPS) is 26.3. The Hall–Kier alpha value is -0.660. The van der Waals surface area contributed by atoms with Gasteiger partial charge < -0.3 is 5.11 Å². The van der Waals surface area contributed by atoms with Gasteiger partial charge in [-0.2, -0.15) is 0 Å². The van der Waals surface area contributed by atoms with Crippen molar-refractivity contribution in [1.82, 2.24) is 4.90 Å². The van der Waals surface area contributed by atoms with Crippen molar-refractivity contribution in [3.8, 4) is 0 Å². The Balaban J connectivity index is 2.62. The van der Waals surface area contributed by atoms with Gasteiger partial charge in [0.05, 0.1) is 5.25 Å². The maximum absolute atomic E-state index is 11.0. The van der Waals surface area contributed by atoms with Crippen molar-refractivity contribution in [3.63, 3.8) is 0 Å². The van der Waals surface area contributed by atoms with Gasteiger partial charge in [-0.05, 0) is 13.3 Å². The highest BCUT2D eigenvalue weighted by Gasteiger charge is 2.34. The molecular formula is C7H14N2O4S. The largest absolute Gasteiger partial charge is 0.480 e.